The number of aromatic nitrogens is 1. The first-order valence-electron chi connectivity index (χ1n) is 8.80. The molecule has 0 unspecified atom stereocenters. The minimum Gasteiger partial charge on any atom is -0.337 e. The molecule has 0 radical (unpaired) electrons. The van der Waals surface area contributed by atoms with E-state index in [0.29, 0.717) is 9.99 Å². The molecule has 1 aliphatic heterocycles. The van der Waals surface area contributed by atoms with Crippen LogP contribution in [0.5, 0.6) is 0 Å². The molecule has 4 nitrogen and oxygen atoms in total. The topological polar surface area (TPSA) is 42.3 Å². The van der Waals surface area contributed by atoms with E-state index in [1.165, 1.54) is 10.6 Å². The zero-order valence-corrected chi connectivity index (χ0v) is 16.6. The summed E-state index contributed by atoms with van der Waals surface area (Å²) in [4.78, 5) is 26.5. The molecular weight excluding hydrogens is 425 g/mol. The van der Waals surface area contributed by atoms with Gasteiger partial charge in [0.1, 0.15) is 6.54 Å². The number of Topliss-reactive ketones (excluding diaryl/α,β-unsaturated/α-hetero) is 1. The van der Waals surface area contributed by atoms with Crippen LogP contribution in [-0.2, 0) is 11.3 Å². The Bertz CT molecular complexity index is 881. The molecule has 0 saturated carbocycles. The number of benzene rings is 1. The largest absolute Gasteiger partial charge is 0.454 e. The summed E-state index contributed by atoms with van der Waals surface area (Å²) in [6, 6.07) is 4.95. The van der Waals surface area contributed by atoms with Crippen LogP contribution < -0.4 is 0 Å². The number of rotatable bonds is 3. The van der Waals surface area contributed by atoms with Crippen molar-refractivity contribution >= 4 is 38.5 Å². The van der Waals surface area contributed by atoms with Gasteiger partial charge in [-0.1, -0.05) is 15.9 Å². The minimum absolute atomic E-state index is 0.0912. The molecule has 2 atom stereocenters. The molecular formula is C19H20BrF3N2O2. The summed E-state index contributed by atoms with van der Waals surface area (Å²) in [5.41, 5.74) is -0.0113. The number of hydrogen-bond donors (Lipinski definition) is 0. The Balaban J connectivity index is 2.00. The number of carbonyl (C=O) groups is 2. The molecule has 0 aliphatic carbocycles. The second kappa shape index (κ2) is 7.30. The molecule has 1 aromatic carbocycles. The normalized spacial score (nSPS) is 20.9. The fraction of sp³-hybridized carbons (Fsp3) is 0.474. The third kappa shape index (κ3) is 3.90. The number of likely N-dealkylation sites (tertiary alicyclic amines) is 1. The van der Waals surface area contributed by atoms with Gasteiger partial charge in [-0.25, -0.2) is 0 Å². The number of carbonyl (C=O) groups excluding carboxylic acids is 2. The Labute approximate surface area is 163 Å². The van der Waals surface area contributed by atoms with Gasteiger partial charge in [0, 0.05) is 33.7 Å². The Morgan fingerprint density at radius 3 is 2.41 bits per heavy atom. The monoisotopic (exact) mass is 444 g/mol. The van der Waals surface area contributed by atoms with Crippen molar-refractivity contribution in [1.29, 1.82) is 0 Å². The van der Waals surface area contributed by atoms with E-state index in [2.05, 4.69) is 15.9 Å². The standard InChI is InChI=1S/C19H20BrF3N2O2/c1-11-4-3-5-12(2)25(11)17(26)10-24-9-15(18(27)19(21,22)23)14-8-13(20)6-7-16(14)24/h6-9,11-12H,3-5,10H2,1-2H3/t11-,12-/m0/s1. The fourth-order valence-electron chi connectivity index (χ4n) is 3.87. The van der Waals surface area contributed by atoms with Crippen molar-refractivity contribution in [2.75, 3.05) is 0 Å². The third-order valence-electron chi connectivity index (χ3n) is 5.13. The highest BCUT2D eigenvalue weighted by Gasteiger charge is 2.41. The molecule has 1 saturated heterocycles. The second-order valence-electron chi connectivity index (χ2n) is 7.09. The van der Waals surface area contributed by atoms with Crippen molar-refractivity contribution in [3.8, 4) is 0 Å². The zero-order chi connectivity index (χ0) is 19.9. The SMILES string of the molecule is C[C@H]1CCC[C@H](C)N1C(=O)Cn1cc(C(=O)C(F)(F)F)c2cc(Br)ccc21. The van der Waals surface area contributed by atoms with E-state index < -0.39 is 17.5 Å². The molecule has 1 amide bonds. The maximum atomic E-state index is 13.0. The van der Waals surface area contributed by atoms with E-state index in [-0.39, 0.29) is 29.9 Å². The van der Waals surface area contributed by atoms with Crippen LogP contribution in [0.4, 0.5) is 13.2 Å². The number of ketones is 1. The van der Waals surface area contributed by atoms with Crippen molar-refractivity contribution in [1.82, 2.24) is 9.47 Å². The summed E-state index contributed by atoms with van der Waals surface area (Å²) in [5.74, 6) is -2.06. The first kappa shape index (κ1) is 19.9. The van der Waals surface area contributed by atoms with E-state index in [4.69, 9.17) is 0 Å². The number of fused-ring (bicyclic) bond motifs is 1. The Kier molecular flexibility index (Phi) is 5.38. The lowest BCUT2D eigenvalue weighted by Crippen LogP contribution is -2.48. The quantitative estimate of drug-likeness (QED) is 0.629. The van der Waals surface area contributed by atoms with Gasteiger partial charge < -0.3 is 9.47 Å². The highest BCUT2D eigenvalue weighted by Crippen LogP contribution is 2.31. The summed E-state index contributed by atoms with van der Waals surface area (Å²) >= 11 is 3.23. The van der Waals surface area contributed by atoms with Crippen LogP contribution in [-0.4, -0.2) is 39.4 Å². The molecule has 0 spiro atoms. The van der Waals surface area contributed by atoms with E-state index in [1.807, 2.05) is 13.8 Å². The summed E-state index contributed by atoms with van der Waals surface area (Å²) in [7, 11) is 0. The predicted molar refractivity (Wildman–Crippen MR) is 99.6 cm³/mol. The van der Waals surface area contributed by atoms with Crippen LogP contribution in [0.2, 0.25) is 0 Å². The van der Waals surface area contributed by atoms with Gasteiger partial charge in [-0.05, 0) is 51.3 Å². The first-order valence-corrected chi connectivity index (χ1v) is 9.60. The minimum atomic E-state index is -4.97. The smallest absolute Gasteiger partial charge is 0.337 e. The maximum Gasteiger partial charge on any atom is 0.454 e. The highest BCUT2D eigenvalue weighted by atomic mass is 79.9. The molecule has 2 heterocycles. The van der Waals surface area contributed by atoms with Crippen LogP contribution in [0.3, 0.4) is 0 Å². The molecule has 0 N–H and O–H groups in total. The summed E-state index contributed by atoms with van der Waals surface area (Å²) in [6.07, 6.45) is -0.956. The fourth-order valence-corrected chi connectivity index (χ4v) is 4.24. The van der Waals surface area contributed by atoms with Crippen LogP contribution in [0, 0.1) is 0 Å². The maximum absolute atomic E-state index is 13.0. The van der Waals surface area contributed by atoms with E-state index in [0.717, 1.165) is 25.5 Å². The number of alkyl halides is 3. The molecule has 3 rings (SSSR count). The average Bonchev–Trinajstić information content (AvgIpc) is 2.90. The van der Waals surface area contributed by atoms with Crippen LogP contribution in [0.15, 0.2) is 28.9 Å². The molecule has 2 aromatic rings. The Morgan fingerprint density at radius 2 is 1.81 bits per heavy atom. The van der Waals surface area contributed by atoms with Gasteiger partial charge >= 0.3 is 6.18 Å². The van der Waals surface area contributed by atoms with Gasteiger partial charge in [-0.2, -0.15) is 13.2 Å². The molecule has 1 aromatic heterocycles. The van der Waals surface area contributed by atoms with Gasteiger partial charge in [0.15, 0.2) is 0 Å². The van der Waals surface area contributed by atoms with Crippen LogP contribution in [0.25, 0.3) is 10.9 Å². The number of amides is 1. The molecule has 1 fully saturated rings. The lowest BCUT2D eigenvalue weighted by Gasteiger charge is -2.39. The van der Waals surface area contributed by atoms with Gasteiger partial charge in [0.2, 0.25) is 5.91 Å². The van der Waals surface area contributed by atoms with Crippen molar-refractivity contribution in [3.63, 3.8) is 0 Å². The molecule has 8 heteroatoms. The third-order valence-corrected chi connectivity index (χ3v) is 5.63. The van der Waals surface area contributed by atoms with E-state index in [9.17, 15) is 22.8 Å². The summed E-state index contributed by atoms with van der Waals surface area (Å²) in [5, 5.41) is 0.180. The van der Waals surface area contributed by atoms with Gasteiger partial charge in [-0.15, -0.1) is 0 Å². The lowest BCUT2D eigenvalue weighted by molar-refractivity contribution is -0.137. The Hall–Kier alpha value is -1.83. The number of nitrogens with zero attached hydrogens (tertiary/aromatic N) is 2. The lowest BCUT2D eigenvalue weighted by atomic mass is 9.97. The average molecular weight is 445 g/mol. The summed E-state index contributed by atoms with van der Waals surface area (Å²) < 4.78 is 41.0. The predicted octanol–water partition coefficient (Wildman–Crippen LogP) is 4.94. The number of hydrogen-bond acceptors (Lipinski definition) is 2. The van der Waals surface area contributed by atoms with Gasteiger partial charge in [-0.3, -0.25) is 9.59 Å². The molecule has 27 heavy (non-hydrogen) atoms. The van der Waals surface area contributed by atoms with Gasteiger partial charge in [0.25, 0.3) is 5.78 Å². The van der Waals surface area contributed by atoms with Gasteiger partial charge in [0.05, 0.1) is 5.56 Å². The van der Waals surface area contributed by atoms with E-state index >= 15 is 0 Å². The van der Waals surface area contributed by atoms with Crippen molar-refractivity contribution in [2.24, 2.45) is 0 Å². The zero-order valence-electron chi connectivity index (χ0n) is 15.0. The van der Waals surface area contributed by atoms with E-state index in [1.54, 1.807) is 17.0 Å². The van der Waals surface area contributed by atoms with Crippen LogP contribution >= 0.6 is 15.9 Å². The molecule has 1 aliphatic rings. The number of halogens is 4. The van der Waals surface area contributed by atoms with Crippen molar-refractivity contribution < 1.29 is 22.8 Å². The number of piperidine rings is 1. The first-order chi connectivity index (χ1) is 12.6. The highest BCUT2D eigenvalue weighted by molar-refractivity contribution is 9.10. The summed E-state index contributed by atoms with van der Waals surface area (Å²) in [6.45, 7) is 3.87. The van der Waals surface area contributed by atoms with Crippen molar-refractivity contribution in [3.05, 3.63) is 34.4 Å². The molecule has 0 bridgehead atoms. The van der Waals surface area contributed by atoms with Crippen molar-refractivity contribution in [2.45, 2.75) is 57.9 Å². The Morgan fingerprint density at radius 1 is 1.19 bits per heavy atom. The second-order valence-corrected chi connectivity index (χ2v) is 8.00. The van der Waals surface area contributed by atoms with Crippen LogP contribution in [0.1, 0.15) is 43.5 Å². The molecule has 146 valence electrons.